The first-order valence-corrected chi connectivity index (χ1v) is 8.69. The standard InChI is InChI=1S/C14H24O3S/c1-2-3-4-5-6-10-13-18(15,16,17)14-11-8-7-9-12-14/h7-9,11-12H,2-6,10,13H2,1H3,(H2,15,16,17). The van der Waals surface area contributed by atoms with E-state index >= 15 is 0 Å². The van der Waals surface area contributed by atoms with Crippen LogP contribution in [-0.4, -0.2) is 19.1 Å². The Morgan fingerprint density at radius 3 is 2.11 bits per heavy atom. The third-order valence-electron chi connectivity index (χ3n) is 3.08. The molecule has 0 aliphatic rings. The van der Waals surface area contributed by atoms with E-state index in [2.05, 4.69) is 6.92 Å². The van der Waals surface area contributed by atoms with Crippen LogP contribution in [0.3, 0.4) is 0 Å². The van der Waals surface area contributed by atoms with Gasteiger partial charge in [0.1, 0.15) is 9.63 Å². The molecule has 0 bridgehead atoms. The van der Waals surface area contributed by atoms with Crippen molar-refractivity contribution in [3.63, 3.8) is 0 Å². The molecule has 0 unspecified atom stereocenters. The van der Waals surface area contributed by atoms with Crippen molar-refractivity contribution in [1.29, 1.82) is 0 Å². The summed E-state index contributed by atoms with van der Waals surface area (Å²) in [7, 11) is -4.61. The number of benzene rings is 1. The molecule has 1 rings (SSSR count). The maximum Gasteiger partial charge on any atom is 0.109 e. The van der Waals surface area contributed by atoms with E-state index in [4.69, 9.17) is 0 Å². The van der Waals surface area contributed by atoms with Crippen molar-refractivity contribution in [2.75, 3.05) is 5.75 Å². The number of rotatable bonds is 8. The topological polar surface area (TPSA) is 57.5 Å². The normalized spacial score (nSPS) is 14.1. The molecule has 0 amide bonds. The Hall–Kier alpha value is -0.710. The molecule has 0 aromatic heterocycles. The Balaban J connectivity index is 2.46. The second-order valence-electron chi connectivity index (χ2n) is 4.80. The Labute approximate surface area is 110 Å². The summed E-state index contributed by atoms with van der Waals surface area (Å²) in [6.07, 6.45) is 6.08. The van der Waals surface area contributed by atoms with Gasteiger partial charge in [0.25, 0.3) is 0 Å². The molecule has 0 radical (unpaired) electrons. The van der Waals surface area contributed by atoms with Crippen molar-refractivity contribution in [3.05, 3.63) is 30.3 Å². The summed E-state index contributed by atoms with van der Waals surface area (Å²) in [5.74, 6) is -0.0622. The first-order valence-electron chi connectivity index (χ1n) is 6.64. The molecular weight excluding hydrogens is 248 g/mol. The molecule has 0 heterocycles. The quantitative estimate of drug-likeness (QED) is 0.698. The largest absolute Gasteiger partial charge is 0.304 e. The lowest BCUT2D eigenvalue weighted by atomic mass is 10.1. The highest BCUT2D eigenvalue weighted by Gasteiger charge is 2.31. The minimum absolute atomic E-state index is 0.0622. The third kappa shape index (κ3) is 4.88. The van der Waals surface area contributed by atoms with Gasteiger partial charge in [-0.1, -0.05) is 57.2 Å². The maximum atomic E-state index is 12.2. The van der Waals surface area contributed by atoms with Crippen LogP contribution in [0, 0.1) is 0 Å². The lowest BCUT2D eigenvalue weighted by Crippen LogP contribution is -2.35. The fourth-order valence-corrected chi connectivity index (χ4v) is 3.62. The lowest BCUT2D eigenvalue weighted by Gasteiger charge is -2.30. The van der Waals surface area contributed by atoms with Crippen molar-refractivity contribution >= 4 is 9.63 Å². The molecule has 0 atom stereocenters. The van der Waals surface area contributed by atoms with Crippen molar-refractivity contribution in [3.8, 4) is 0 Å². The SMILES string of the molecule is CCCCCCCCS(=O)(O)(O)c1ccccc1. The van der Waals surface area contributed by atoms with Gasteiger partial charge in [0.2, 0.25) is 0 Å². The highest BCUT2D eigenvalue weighted by Crippen LogP contribution is 2.29. The van der Waals surface area contributed by atoms with E-state index in [0.717, 1.165) is 19.3 Å². The van der Waals surface area contributed by atoms with Crippen molar-refractivity contribution in [2.45, 2.75) is 50.3 Å². The van der Waals surface area contributed by atoms with Gasteiger partial charge in [-0.3, -0.25) is 0 Å². The van der Waals surface area contributed by atoms with Crippen LogP contribution in [0.4, 0.5) is 0 Å². The Bertz CT molecular complexity index is 408. The van der Waals surface area contributed by atoms with Crippen molar-refractivity contribution in [2.24, 2.45) is 0 Å². The van der Waals surface area contributed by atoms with Crippen LogP contribution < -0.4 is 0 Å². The third-order valence-corrected chi connectivity index (χ3v) is 5.33. The summed E-state index contributed by atoms with van der Waals surface area (Å²) in [5.41, 5.74) is 0. The van der Waals surface area contributed by atoms with Gasteiger partial charge >= 0.3 is 0 Å². The van der Waals surface area contributed by atoms with Gasteiger partial charge in [0.15, 0.2) is 0 Å². The maximum absolute atomic E-state index is 12.2. The molecule has 3 nitrogen and oxygen atoms in total. The summed E-state index contributed by atoms with van der Waals surface area (Å²) in [5, 5.41) is 0. The minimum atomic E-state index is -4.61. The van der Waals surface area contributed by atoms with E-state index in [0.29, 0.717) is 6.42 Å². The van der Waals surface area contributed by atoms with Gasteiger partial charge in [0.05, 0.1) is 10.6 Å². The average Bonchev–Trinajstić information content (AvgIpc) is 2.34. The van der Waals surface area contributed by atoms with Crippen LogP contribution in [0.15, 0.2) is 35.2 Å². The molecule has 0 fully saturated rings. The zero-order valence-corrected chi connectivity index (χ0v) is 11.9. The minimum Gasteiger partial charge on any atom is -0.304 e. The van der Waals surface area contributed by atoms with E-state index in [1.807, 2.05) is 0 Å². The van der Waals surface area contributed by atoms with Crippen LogP contribution in [-0.2, 0) is 9.63 Å². The highest BCUT2D eigenvalue weighted by molar-refractivity contribution is 8.10. The molecular formula is C14H24O3S. The van der Waals surface area contributed by atoms with Crippen molar-refractivity contribution < 1.29 is 13.3 Å². The van der Waals surface area contributed by atoms with E-state index in [1.54, 1.807) is 18.2 Å². The number of unbranched alkanes of at least 4 members (excludes halogenated alkanes) is 5. The molecule has 1 aromatic carbocycles. The van der Waals surface area contributed by atoms with Gasteiger partial charge < -0.3 is 9.11 Å². The highest BCUT2D eigenvalue weighted by atomic mass is 32.3. The zero-order chi connectivity index (χ0) is 13.5. The predicted octanol–water partition coefficient (Wildman–Crippen LogP) is 4.17. The van der Waals surface area contributed by atoms with Crippen LogP contribution in [0.2, 0.25) is 0 Å². The Morgan fingerprint density at radius 1 is 0.944 bits per heavy atom. The number of hydrogen-bond donors (Lipinski definition) is 2. The summed E-state index contributed by atoms with van der Waals surface area (Å²) in [4.78, 5) is 0.128. The molecule has 1 aromatic rings. The van der Waals surface area contributed by atoms with Crippen LogP contribution in [0.25, 0.3) is 0 Å². The fourth-order valence-electron chi connectivity index (χ4n) is 1.95. The molecule has 0 saturated heterocycles. The predicted molar refractivity (Wildman–Crippen MR) is 76.4 cm³/mol. The summed E-state index contributed by atoms with van der Waals surface area (Å²) in [6, 6.07) is 8.10. The fraction of sp³-hybridized carbons (Fsp3) is 0.571. The molecule has 2 N–H and O–H groups in total. The van der Waals surface area contributed by atoms with Crippen LogP contribution >= 0.6 is 0 Å². The summed E-state index contributed by atoms with van der Waals surface area (Å²) in [6.45, 7) is 2.15. The van der Waals surface area contributed by atoms with Crippen LogP contribution in [0.1, 0.15) is 45.4 Å². The Morgan fingerprint density at radius 2 is 1.50 bits per heavy atom. The number of hydrogen-bond acceptors (Lipinski definition) is 1. The molecule has 18 heavy (non-hydrogen) atoms. The smallest absolute Gasteiger partial charge is 0.109 e. The van der Waals surface area contributed by atoms with E-state index < -0.39 is 9.63 Å². The molecule has 0 saturated carbocycles. The van der Waals surface area contributed by atoms with Crippen molar-refractivity contribution in [1.82, 2.24) is 0 Å². The van der Waals surface area contributed by atoms with E-state index in [-0.39, 0.29) is 10.6 Å². The van der Waals surface area contributed by atoms with E-state index in [1.165, 1.54) is 25.0 Å². The van der Waals surface area contributed by atoms with Gasteiger partial charge in [-0.2, -0.15) is 0 Å². The lowest BCUT2D eigenvalue weighted by molar-refractivity contribution is 0.387. The second-order valence-corrected chi connectivity index (χ2v) is 7.72. The molecule has 0 aliphatic carbocycles. The molecule has 0 spiro atoms. The first kappa shape index (κ1) is 15.3. The van der Waals surface area contributed by atoms with Gasteiger partial charge in [0, 0.05) is 0 Å². The van der Waals surface area contributed by atoms with Gasteiger partial charge in [-0.15, -0.1) is 0 Å². The second kappa shape index (κ2) is 6.45. The zero-order valence-electron chi connectivity index (χ0n) is 11.0. The Kier molecular flexibility index (Phi) is 5.50. The molecule has 0 aliphatic heterocycles. The van der Waals surface area contributed by atoms with Crippen LogP contribution in [0.5, 0.6) is 0 Å². The first-order chi connectivity index (χ1) is 8.44. The summed E-state index contributed by atoms with van der Waals surface area (Å²) >= 11 is 0. The van der Waals surface area contributed by atoms with E-state index in [9.17, 15) is 13.3 Å². The molecule has 4 heteroatoms. The summed E-state index contributed by atoms with van der Waals surface area (Å²) < 4.78 is 32.1. The molecule has 104 valence electrons. The average molecular weight is 272 g/mol. The van der Waals surface area contributed by atoms with Gasteiger partial charge in [-0.05, 0) is 18.6 Å². The van der Waals surface area contributed by atoms with Gasteiger partial charge in [-0.25, -0.2) is 4.21 Å². The monoisotopic (exact) mass is 272 g/mol.